The minimum Gasteiger partial charge on any atom is -0.463 e. The molecule has 0 radical (unpaired) electrons. The maximum absolute atomic E-state index is 5.68. The van der Waals surface area contributed by atoms with Gasteiger partial charge in [-0.25, -0.2) is 0 Å². The van der Waals surface area contributed by atoms with E-state index in [-0.39, 0.29) is 5.95 Å². The molecule has 19 heavy (non-hydrogen) atoms. The van der Waals surface area contributed by atoms with Crippen molar-refractivity contribution in [2.45, 2.75) is 52.0 Å². The van der Waals surface area contributed by atoms with Crippen LogP contribution in [0.25, 0.3) is 0 Å². The molecule has 1 heterocycles. The Hall–Kier alpha value is -1.59. The number of aromatic nitrogens is 3. The summed E-state index contributed by atoms with van der Waals surface area (Å²) in [6, 6.07) is 0.652. The highest BCUT2D eigenvalue weighted by atomic mass is 16.5. The van der Waals surface area contributed by atoms with E-state index >= 15 is 0 Å². The fourth-order valence-electron chi connectivity index (χ4n) is 2.47. The molecule has 1 aromatic heterocycles. The maximum atomic E-state index is 5.68. The average molecular weight is 265 g/mol. The Morgan fingerprint density at radius 2 is 2.05 bits per heavy atom. The molecule has 1 fully saturated rings. The van der Waals surface area contributed by atoms with Crippen LogP contribution >= 0.6 is 0 Å². The van der Waals surface area contributed by atoms with E-state index in [0.29, 0.717) is 30.5 Å². The third-order valence-corrected chi connectivity index (χ3v) is 3.53. The summed E-state index contributed by atoms with van der Waals surface area (Å²) < 4.78 is 5.40. The number of rotatable bonds is 6. The van der Waals surface area contributed by atoms with Crippen LogP contribution in [0, 0.1) is 5.92 Å². The van der Waals surface area contributed by atoms with E-state index in [4.69, 9.17) is 10.5 Å². The molecule has 0 saturated heterocycles. The summed E-state index contributed by atoms with van der Waals surface area (Å²) in [5, 5.41) is 3.32. The quantitative estimate of drug-likeness (QED) is 0.820. The Kier molecular flexibility index (Phi) is 4.76. The zero-order chi connectivity index (χ0) is 13.7. The Morgan fingerprint density at radius 3 is 2.74 bits per heavy atom. The fraction of sp³-hybridized carbons (Fsp3) is 0.769. The summed E-state index contributed by atoms with van der Waals surface area (Å²) in [6.45, 7) is 4.79. The zero-order valence-electron chi connectivity index (χ0n) is 11.7. The van der Waals surface area contributed by atoms with Crippen molar-refractivity contribution in [3.63, 3.8) is 0 Å². The molecule has 1 aromatic rings. The number of nitrogen functional groups attached to an aromatic ring is 1. The van der Waals surface area contributed by atoms with Gasteiger partial charge in [-0.1, -0.05) is 19.8 Å². The van der Waals surface area contributed by atoms with Gasteiger partial charge in [0, 0.05) is 6.04 Å². The van der Waals surface area contributed by atoms with Crippen LogP contribution in [0.4, 0.5) is 11.9 Å². The lowest BCUT2D eigenvalue weighted by atomic mass is 10.0. The lowest BCUT2D eigenvalue weighted by Gasteiger charge is -2.20. The molecule has 2 rings (SSSR count). The number of ether oxygens (including phenoxy) is 1. The van der Waals surface area contributed by atoms with E-state index < -0.39 is 0 Å². The third kappa shape index (κ3) is 3.94. The lowest BCUT2D eigenvalue weighted by Crippen LogP contribution is -2.25. The number of hydrogen-bond acceptors (Lipinski definition) is 6. The second kappa shape index (κ2) is 6.54. The van der Waals surface area contributed by atoms with Crippen LogP contribution in [-0.2, 0) is 0 Å². The molecule has 1 aliphatic carbocycles. The van der Waals surface area contributed by atoms with Gasteiger partial charge in [0.1, 0.15) is 0 Å². The number of nitrogens with two attached hydrogens (primary N) is 1. The van der Waals surface area contributed by atoms with E-state index in [0.717, 1.165) is 6.42 Å². The van der Waals surface area contributed by atoms with Crippen molar-refractivity contribution in [2.75, 3.05) is 17.7 Å². The highest BCUT2D eigenvalue weighted by Gasteiger charge is 2.22. The second-order valence-corrected chi connectivity index (χ2v) is 5.13. The largest absolute Gasteiger partial charge is 0.463 e. The van der Waals surface area contributed by atoms with Gasteiger partial charge in [-0.2, -0.15) is 15.0 Å². The van der Waals surface area contributed by atoms with Gasteiger partial charge in [0.05, 0.1) is 6.61 Å². The van der Waals surface area contributed by atoms with Crippen LogP contribution in [-0.4, -0.2) is 27.6 Å². The summed E-state index contributed by atoms with van der Waals surface area (Å²) in [5.74, 6) is 1.40. The summed E-state index contributed by atoms with van der Waals surface area (Å²) in [4.78, 5) is 12.3. The monoisotopic (exact) mass is 265 g/mol. The Bertz CT molecular complexity index is 406. The Labute approximate surface area is 114 Å². The van der Waals surface area contributed by atoms with Crippen molar-refractivity contribution in [1.82, 2.24) is 15.0 Å². The van der Waals surface area contributed by atoms with E-state index in [2.05, 4.69) is 27.2 Å². The lowest BCUT2D eigenvalue weighted by molar-refractivity contribution is 0.292. The van der Waals surface area contributed by atoms with Crippen molar-refractivity contribution < 1.29 is 4.74 Å². The molecule has 6 heteroatoms. The molecule has 1 saturated carbocycles. The SMILES string of the molecule is CCCOc1nc(N)nc(NC(C)C2CCCC2)n1. The second-order valence-electron chi connectivity index (χ2n) is 5.13. The first kappa shape index (κ1) is 13.8. The van der Waals surface area contributed by atoms with Crippen LogP contribution in [0.1, 0.15) is 46.0 Å². The molecule has 0 spiro atoms. The molecule has 1 atom stereocenters. The van der Waals surface area contributed by atoms with Gasteiger partial charge < -0.3 is 15.8 Å². The molecule has 1 unspecified atom stereocenters. The predicted molar refractivity (Wildman–Crippen MR) is 75.1 cm³/mol. The Balaban J connectivity index is 2.00. The van der Waals surface area contributed by atoms with Gasteiger partial charge in [-0.15, -0.1) is 0 Å². The normalized spacial score (nSPS) is 17.4. The molecule has 3 N–H and O–H groups in total. The minimum atomic E-state index is 0.197. The zero-order valence-corrected chi connectivity index (χ0v) is 11.7. The van der Waals surface area contributed by atoms with Gasteiger partial charge in [0.15, 0.2) is 0 Å². The van der Waals surface area contributed by atoms with Crippen molar-refractivity contribution in [3.05, 3.63) is 0 Å². The van der Waals surface area contributed by atoms with Gasteiger partial charge >= 0.3 is 6.01 Å². The summed E-state index contributed by atoms with van der Waals surface area (Å²) >= 11 is 0. The minimum absolute atomic E-state index is 0.197. The molecular formula is C13H23N5O. The van der Waals surface area contributed by atoms with Crippen LogP contribution in [0.5, 0.6) is 6.01 Å². The highest BCUT2D eigenvalue weighted by molar-refractivity contribution is 5.33. The van der Waals surface area contributed by atoms with Crippen molar-refractivity contribution in [3.8, 4) is 6.01 Å². The Morgan fingerprint density at radius 1 is 1.32 bits per heavy atom. The van der Waals surface area contributed by atoms with Crippen LogP contribution in [0.3, 0.4) is 0 Å². The molecule has 106 valence electrons. The molecule has 1 aliphatic rings. The van der Waals surface area contributed by atoms with Crippen molar-refractivity contribution in [2.24, 2.45) is 5.92 Å². The first-order valence-electron chi connectivity index (χ1n) is 7.10. The molecule has 0 aliphatic heterocycles. The standard InChI is InChI=1S/C13H23N5O/c1-3-8-19-13-17-11(14)16-12(18-13)15-9(2)10-6-4-5-7-10/h9-10H,3-8H2,1-2H3,(H3,14,15,16,17,18). The van der Waals surface area contributed by atoms with E-state index in [1.54, 1.807) is 0 Å². The third-order valence-electron chi connectivity index (χ3n) is 3.53. The smallest absolute Gasteiger partial charge is 0.323 e. The predicted octanol–water partition coefficient (Wildman–Crippen LogP) is 2.23. The molecule has 6 nitrogen and oxygen atoms in total. The fourth-order valence-corrected chi connectivity index (χ4v) is 2.47. The van der Waals surface area contributed by atoms with Gasteiger partial charge in [-0.05, 0) is 32.1 Å². The first-order chi connectivity index (χ1) is 9.19. The molecule has 0 amide bonds. The van der Waals surface area contributed by atoms with E-state index in [9.17, 15) is 0 Å². The van der Waals surface area contributed by atoms with Gasteiger partial charge in [0.25, 0.3) is 0 Å². The van der Waals surface area contributed by atoms with Gasteiger partial charge in [-0.3, -0.25) is 0 Å². The van der Waals surface area contributed by atoms with E-state index in [1.807, 2.05) is 6.92 Å². The average Bonchev–Trinajstić information content (AvgIpc) is 2.89. The molecule has 0 aromatic carbocycles. The highest BCUT2D eigenvalue weighted by Crippen LogP contribution is 2.28. The van der Waals surface area contributed by atoms with Gasteiger partial charge in [0.2, 0.25) is 11.9 Å². The first-order valence-corrected chi connectivity index (χ1v) is 7.10. The maximum Gasteiger partial charge on any atom is 0.323 e. The van der Waals surface area contributed by atoms with Crippen LogP contribution in [0.2, 0.25) is 0 Å². The number of nitrogens with one attached hydrogen (secondary N) is 1. The summed E-state index contributed by atoms with van der Waals surface area (Å²) in [5.41, 5.74) is 5.68. The number of anilines is 2. The van der Waals surface area contributed by atoms with Crippen LogP contribution < -0.4 is 15.8 Å². The number of nitrogens with zero attached hydrogens (tertiary/aromatic N) is 3. The van der Waals surface area contributed by atoms with E-state index in [1.165, 1.54) is 25.7 Å². The van der Waals surface area contributed by atoms with Crippen molar-refractivity contribution in [1.29, 1.82) is 0 Å². The summed E-state index contributed by atoms with van der Waals surface area (Å²) in [7, 11) is 0. The topological polar surface area (TPSA) is 86.0 Å². The summed E-state index contributed by atoms with van der Waals surface area (Å²) in [6.07, 6.45) is 6.09. The van der Waals surface area contributed by atoms with Crippen molar-refractivity contribution >= 4 is 11.9 Å². The number of hydrogen-bond donors (Lipinski definition) is 2. The molecular weight excluding hydrogens is 242 g/mol. The van der Waals surface area contributed by atoms with Crippen LogP contribution in [0.15, 0.2) is 0 Å². The molecule has 0 bridgehead atoms.